The molecule has 2 rings (SSSR count). The number of rotatable bonds is 9. The van der Waals surface area contributed by atoms with E-state index in [1.807, 2.05) is 27.7 Å². The van der Waals surface area contributed by atoms with E-state index in [4.69, 9.17) is 9.47 Å². The van der Waals surface area contributed by atoms with Gasteiger partial charge in [-0.15, -0.1) is 0 Å². The van der Waals surface area contributed by atoms with Gasteiger partial charge in [0, 0.05) is 13.7 Å². The Labute approximate surface area is 195 Å². The lowest BCUT2D eigenvalue weighted by atomic mass is 9.94. The summed E-state index contributed by atoms with van der Waals surface area (Å²) in [5.41, 5.74) is 0.375. The summed E-state index contributed by atoms with van der Waals surface area (Å²) in [5, 5.41) is 33.6. The number of allylic oxidation sites excluding steroid dienone is 1. The van der Waals surface area contributed by atoms with Gasteiger partial charge in [0.25, 0.3) is 11.8 Å². The highest BCUT2D eigenvalue weighted by atomic mass is 16.5. The topological polar surface area (TPSA) is 129 Å². The van der Waals surface area contributed by atoms with Gasteiger partial charge in [-0.2, -0.15) is 0 Å². The van der Waals surface area contributed by atoms with Crippen molar-refractivity contribution in [3.05, 3.63) is 36.4 Å². The number of methoxy groups -OCH3 is 1. The van der Waals surface area contributed by atoms with Crippen molar-refractivity contribution in [1.29, 1.82) is 0 Å². The van der Waals surface area contributed by atoms with E-state index >= 15 is 0 Å². The second-order valence-corrected chi connectivity index (χ2v) is 9.18. The fourth-order valence-electron chi connectivity index (χ4n) is 3.45. The predicted octanol–water partition coefficient (Wildman–Crippen LogP) is 1.01. The van der Waals surface area contributed by atoms with Crippen LogP contribution in [0.15, 0.2) is 36.4 Å². The summed E-state index contributed by atoms with van der Waals surface area (Å²) in [4.78, 5) is 27.6. The molecule has 0 saturated carbocycles. The quantitative estimate of drug-likeness (QED) is 0.402. The molecule has 0 fully saturated rings. The highest BCUT2D eigenvalue weighted by Crippen LogP contribution is 2.31. The number of anilines is 1. The second kappa shape index (κ2) is 11.6. The van der Waals surface area contributed by atoms with Crippen LogP contribution in [0.5, 0.6) is 5.75 Å². The zero-order valence-corrected chi connectivity index (χ0v) is 19.9. The van der Waals surface area contributed by atoms with Crippen molar-refractivity contribution in [1.82, 2.24) is 5.32 Å². The van der Waals surface area contributed by atoms with Crippen LogP contribution in [0.3, 0.4) is 0 Å². The van der Waals surface area contributed by atoms with E-state index in [2.05, 4.69) is 5.32 Å². The van der Waals surface area contributed by atoms with Crippen molar-refractivity contribution in [3.63, 3.8) is 0 Å². The van der Waals surface area contributed by atoms with E-state index in [-0.39, 0.29) is 17.9 Å². The maximum atomic E-state index is 13.2. The fourth-order valence-corrected chi connectivity index (χ4v) is 3.45. The number of benzene rings is 1. The number of carbonyl (C=O) groups excluding carboxylic acids is 2. The molecule has 33 heavy (non-hydrogen) atoms. The maximum absolute atomic E-state index is 13.2. The molecule has 9 heteroatoms. The lowest BCUT2D eigenvalue weighted by Crippen LogP contribution is -2.57. The zero-order valence-electron chi connectivity index (χ0n) is 19.9. The fraction of sp³-hybridized carbons (Fsp3) is 0.583. The van der Waals surface area contributed by atoms with E-state index in [0.29, 0.717) is 24.4 Å². The molecule has 0 radical (unpaired) electrons. The minimum Gasteiger partial charge on any atom is -0.489 e. The second-order valence-electron chi connectivity index (χ2n) is 9.18. The van der Waals surface area contributed by atoms with Gasteiger partial charge in [0.1, 0.15) is 36.7 Å². The molecular weight excluding hydrogens is 428 g/mol. The van der Waals surface area contributed by atoms with E-state index in [9.17, 15) is 24.9 Å². The largest absolute Gasteiger partial charge is 0.489 e. The number of hydrogen-bond donors (Lipinski definition) is 4. The Morgan fingerprint density at radius 3 is 2.55 bits per heavy atom. The number of nitrogens with zero attached hydrogens (tertiary/aromatic N) is 1. The molecule has 1 aromatic carbocycles. The van der Waals surface area contributed by atoms with E-state index in [1.54, 1.807) is 35.2 Å². The number of aliphatic hydroxyl groups excluding tert-OH is 3. The first-order valence-corrected chi connectivity index (χ1v) is 11.1. The van der Waals surface area contributed by atoms with Gasteiger partial charge in [-0.1, -0.05) is 52.0 Å². The summed E-state index contributed by atoms with van der Waals surface area (Å²) >= 11 is 0. The SMILES string of the molecule is CCCN1C(=O)[C@@H](NC(=O)[C@H](OC)[C@H](O)[C@@H](O)[C@H](O)C=CC(C)(C)C)COc2ccccc21. The number of para-hydroxylation sites is 2. The number of fused-ring (bicyclic) bond motifs is 1. The molecule has 0 unspecified atom stereocenters. The molecule has 2 amide bonds. The van der Waals surface area contributed by atoms with E-state index in [0.717, 1.165) is 0 Å². The van der Waals surface area contributed by atoms with E-state index in [1.165, 1.54) is 13.2 Å². The highest BCUT2D eigenvalue weighted by molar-refractivity contribution is 6.01. The van der Waals surface area contributed by atoms with Crippen LogP contribution in [0.2, 0.25) is 0 Å². The average molecular weight is 465 g/mol. The Bertz CT molecular complexity index is 836. The molecule has 0 aromatic heterocycles. The lowest BCUT2D eigenvalue weighted by Gasteiger charge is -2.29. The van der Waals surface area contributed by atoms with Crippen molar-refractivity contribution in [2.45, 2.75) is 64.6 Å². The standard InChI is InChI=1S/C24H36N2O7/c1-6-13-26-16-9-7-8-10-18(16)33-14-15(23(26)31)25-22(30)21(32-5)20(29)19(28)17(27)11-12-24(2,3)4/h7-12,15,17,19-21,27-29H,6,13-14H2,1-5H3,(H,25,30)/t15-,17+,19-,20+,21+/m0/s1. The van der Waals surface area contributed by atoms with Crippen LogP contribution in [-0.2, 0) is 14.3 Å². The molecular formula is C24H36N2O7. The van der Waals surface area contributed by atoms with Crippen LogP contribution in [0.4, 0.5) is 5.69 Å². The van der Waals surface area contributed by atoms with Gasteiger partial charge in [0.2, 0.25) is 0 Å². The molecule has 0 spiro atoms. The minimum atomic E-state index is -1.74. The molecule has 0 aliphatic carbocycles. The van der Waals surface area contributed by atoms with E-state index < -0.39 is 36.4 Å². The Balaban J connectivity index is 2.14. The van der Waals surface area contributed by atoms with Crippen molar-refractivity contribution in [2.75, 3.05) is 25.2 Å². The molecule has 1 aliphatic rings. The Morgan fingerprint density at radius 2 is 1.94 bits per heavy atom. The summed E-state index contributed by atoms with van der Waals surface area (Å²) in [5.74, 6) is -0.628. The number of nitrogens with one attached hydrogen (secondary N) is 1. The van der Waals surface area contributed by atoms with Gasteiger partial charge in [0.05, 0.1) is 5.69 Å². The van der Waals surface area contributed by atoms with Crippen LogP contribution in [-0.4, -0.2) is 77.9 Å². The molecule has 1 aliphatic heterocycles. The number of carbonyl (C=O) groups is 2. The molecule has 4 N–H and O–H groups in total. The van der Waals surface area contributed by atoms with Crippen molar-refractivity contribution in [2.24, 2.45) is 5.41 Å². The molecule has 1 heterocycles. The van der Waals surface area contributed by atoms with Crippen LogP contribution in [0.25, 0.3) is 0 Å². The monoisotopic (exact) mass is 464 g/mol. The molecule has 0 saturated heterocycles. The number of hydrogen-bond acceptors (Lipinski definition) is 7. The van der Waals surface area contributed by atoms with Gasteiger partial charge in [0.15, 0.2) is 6.10 Å². The first kappa shape index (κ1) is 26.8. The minimum absolute atomic E-state index is 0.103. The molecule has 0 bridgehead atoms. The maximum Gasteiger partial charge on any atom is 0.253 e. The van der Waals surface area contributed by atoms with Crippen molar-refractivity contribution < 1.29 is 34.4 Å². The average Bonchev–Trinajstić information content (AvgIpc) is 2.89. The summed E-state index contributed by atoms with van der Waals surface area (Å²) in [6.45, 7) is 8.01. The molecule has 1 aromatic rings. The molecule has 184 valence electrons. The summed E-state index contributed by atoms with van der Waals surface area (Å²) in [7, 11) is 1.20. The number of ether oxygens (including phenoxy) is 2. The Morgan fingerprint density at radius 1 is 1.27 bits per heavy atom. The number of aliphatic hydroxyl groups is 3. The normalized spacial score (nSPS) is 20.4. The number of amides is 2. The smallest absolute Gasteiger partial charge is 0.253 e. The van der Waals surface area contributed by atoms with Crippen LogP contribution < -0.4 is 15.0 Å². The van der Waals surface area contributed by atoms with Gasteiger partial charge in [-0.3, -0.25) is 9.59 Å². The molecule has 9 nitrogen and oxygen atoms in total. The van der Waals surface area contributed by atoms with Gasteiger partial charge in [-0.05, 0) is 24.0 Å². The zero-order chi connectivity index (χ0) is 24.8. The lowest BCUT2D eigenvalue weighted by molar-refractivity contribution is -0.150. The van der Waals surface area contributed by atoms with Crippen LogP contribution in [0, 0.1) is 5.41 Å². The van der Waals surface area contributed by atoms with Gasteiger partial charge in [-0.25, -0.2) is 0 Å². The summed E-state index contributed by atoms with van der Waals surface area (Å²) in [6, 6.07) is 6.10. The van der Waals surface area contributed by atoms with Crippen LogP contribution >= 0.6 is 0 Å². The van der Waals surface area contributed by atoms with Crippen LogP contribution in [0.1, 0.15) is 34.1 Å². The third-order valence-corrected chi connectivity index (χ3v) is 5.21. The molecule has 5 atom stereocenters. The van der Waals surface area contributed by atoms with Gasteiger partial charge >= 0.3 is 0 Å². The first-order valence-electron chi connectivity index (χ1n) is 11.1. The Hall–Kier alpha value is -2.46. The summed E-state index contributed by atoms with van der Waals surface area (Å²) in [6.07, 6.45) is -2.59. The van der Waals surface area contributed by atoms with Gasteiger partial charge < -0.3 is 35.0 Å². The highest BCUT2D eigenvalue weighted by Gasteiger charge is 2.38. The van der Waals surface area contributed by atoms with Crippen molar-refractivity contribution >= 4 is 17.5 Å². The predicted molar refractivity (Wildman–Crippen MR) is 124 cm³/mol. The summed E-state index contributed by atoms with van der Waals surface area (Å²) < 4.78 is 10.9. The third-order valence-electron chi connectivity index (χ3n) is 5.21. The third kappa shape index (κ3) is 7.01. The first-order chi connectivity index (χ1) is 15.5. The Kier molecular flexibility index (Phi) is 9.42. The van der Waals surface area contributed by atoms with Crippen molar-refractivity contribution in [3.8, 4) is 5.75 Å².